The molecular weight excluding hydrogens is 289 g/mol. The van der Waals surface area contributed by atoms with Gasteiger partial charge < -0.3 is 5.32 Å². The fraction of sp³-hybridized carbons (Fsp3) is 0.647. The highest BCUT2D eigenvalue weighted by Gasteiger charge is 2.14. The molecule has 1 rings (SSSR count). The number of hydrogen-bond acceptors (Lipinski definition) is 1. The highest BCUT2D eigenvalue weighted by atomic mass is 35.5. The molecule has 1 nitrogen and oxygen atoms in total. The van der Waals surface area contributed by atoms with Gasteiger partial charge in [0.1, 0.15) is 0 Å². The van der Waals surface area contributed by atoms with E-state index in [1.807, 2.05) is 18.2 Å². The Labute approximate surface area is 134 Å². The number of benzene rings is 1. The van der Waals surface area contributed by atoms with Gasteiger partial charge in [0.15, 0.2) is 0 Å². The van der Waals surface area contributed by atoms with E-state index in [0.29, 0.717) is 11.1 Å². The van der Waals surface area contributed by atoms with E-state index in [1.165, 1.54) is 25.7 Å². The van der Waals surface area contributed by atoms with Crippen LogP contribution in [-0.4, -0.2) is 6.54 Å². The smallest absolute Gasteiger partial charge is 0.0468 e. The molecule has 114 valence electrons. The molecule has 0 aromatic heterocycles. The molecule has 0 saturated heterocycles. The Bertz CT molecular complexity index is 393. The monoisotopic (exact) mass is 315 g/mol. The fourth-order valence-corrected chi connectivity index (χ4v) is 3.05. The second-order valence-corrected chi connectivity index (χ2v) is 6.30. The van der Waals surface area contributed by atoms with Crippen molar-refractivity contribution < 1.29 is 0 Å². The third kappa shape index (κ3) is 5.63. The second-order valence-electron chi connectivity index (χ2n) is 5.45. The van der Waals surface area contributed by atoms with E-state index in [1.54, 1.807) is 0 Å². The zero-order chi connectivity index (χ0) is 15.0. The summed E-state index contributed by atoms with van der Waals surface area (Å²) in [5.41, 5.74) is 1.16. The molecule has 0 heterocycles. The lowest BCUT2D eigenvalue weighted by Crippen LogP contribution is -2.27. The maximum atomic E-state index is 6.31. The van der Waals surface area contributed by atoms with Gasteiger partial charge in [-0.1, -0.05) is 69.3 Å². The molecule has 0 saturated carbocycles. The van der Waals surface area contributed by atoms with Gasteiger partial charge >= 0.3 is 0 Å². The van der Waals surface area contributed by atoms with Crippen molar-refractivity contribution >= 4 is 23.2 Å². The summed E-state index contributed by atoms with van der Waals surface area (Å²) in [6.45, 7) is 7.78. The highest BCUT2D eigenvalue weighted by molar-refractivity contribution is 6.35. The molecule has 0 aliphatic rings. The minimum absolute atomic E-state index is 0.315. The molecule has 2 atom stereocenters. The Hall–Kier alpha value is -0.240. The first-order valence-corrected chi connectivity index (χ1v) is 8.56. The molecule has 0 spiro atoms. The molecule has 1 aromatic rings. The molecule has 0 fully saturated rings. The Kier molecular flexibility index (Phi) is 8.60. The van der Waals surface area contributed by atoms with Crippen LogP contribution in [0.3, 0.4) is 0 Å². The van der Waals surface area contributed by atoms with Crippen LogP contribution in [0.2, 0.25) is 10.0 Å². The van der Waals surface area contributed by atoms with E-state index in [4.69, 9.17) is 23.2 Å². The van der Waals surface area contributed by atoms with Gasteiger partial charge in [-0.3, -0.25) is 0 Å². The van der Waals surface area contributed by atoms with Crippen LogP contribution in [0.1, 0.15) is 64.5 Å². The molecule has 0 aliphatic carbocycles. The van der Waals surface area contributed by atoms with E-state index in [-0.39, 0.29) is 0 Å². The molecule has 0 amide bonds. The van der Waals surface area contributed by atoms with Crippen LogP contribution in [0, 0.1) is 5.92 Å². The van der Waals surface area contributed by atoms with E-state index in [0.717, 1.165) is 29.5 Å². The fourth-order valence-electron chi connectivity index (χ4n) is 2.51. The Morgan fingerprint density at radius 2 is 1.85 bits per heavy atom. The van der Waals surface area contributed by atoms with Crippen LogP contribution in [0.15, 0.2) is 18.2 Å². The molecule has 3 heteroatoms. The average Bonchev–Trinajstić information content (AvgIpc) is 2.44. The van der Waals surface area contributed by atoms with Crippen molar-refractivity contribution in [2.24, 2.45) is 5.92 Å². The number of nitrogens with one attached hydrogen (secondary N) is 1. The third-order valence-electron chi connectivity index (χ3n) is 3.94. The largest absolute Gasteiger partial charge is 0.310 e. The van der Waals surface area contributed by atoms with Crippen molar-refractivity contribution in [3.05, 3.63) is 33.8 Å². The molecular formula is C17H27Cl2N. The first-order chi connectivity index (χ1) is 9.62. The topological polar surface area (TPSA) is 12.0 Å². The van der Waals surface area contributed by atoms with Crippen LogP contribution in [0.5, 0.6) is 0 Å². The normalized spacial score (nSPS) is 14.2. The summed E-state index contributed by atoms with van der Waals surface area (Å²) >= 11 is 12.3. The number of halogens is 2. The van der Waals surface area contributed by atoms with Crippen molar-refractivity contribution in [2.45, 2.75) is 58.9 Å². The Balaban J connectivity index is 2.62. The second kappa shape index (κ2) is 9.65. The van der Waals surface area contributed by atoms with E-state index < -0.39 is 0 Å². The lowest BCUT2D eigenvalue weighted by molar-refractivity contribution is 0.386. The van der Waals surface area contributed by atoms with Crippen LogP contribution in [0.25, 0.3) is 0 Å². The number of hydrogen-bond donors (Lipinski definition) is 1. The van der Waals surface area contributed by atoms with Gasteiger partial charge in [0.25, 0.3) is 0 Å². The summed E-state index contributed by atoms with van der Waals surface area (Å²) in [7, 11) is 0. The highest BCUT2D eigenvalue weighted by Crippen LogP contribution is 2.28. The standard InChI is InChI=1S/C17H27Cl2N/c1-4-7-8-13(5-2)12-20-17(6-3)15-10-9-14(18)11-16(15)19/h9-11,13,17,20H,4-8,12H2,1-3H3. The predicted octanol–water partition coefficient (Wildman–Crippen LogP) is 6.25. The molecule has 1 aromatic carbocycles. The van der Waals surface area contributed by atoms with Crippen molar-refractivity contribution in [2.75, 3.05) is 6.54 Å². The SMILES string of the molecule is CCCCC(CC)CNC(CC)c1ccc(Cl)cc1Cl. The maximum Gasteiger partial charge on any atom is 0.0468 e. The van der Waals surface area contributed by atoms with E-state index in [9.17, 15) is 0 Å². The van der Waals surface area contributed by atoms with Crippen LogP contribution in [-0.2, 0) is 0 Å². The summed E-state index contributed by atoms with van der Waals surface area (Å²) in [6.07, 6.45) is 6.17. The average molecular weight is 316 g/mol. The van der Waals surface area contributed by atoms with Gasteiger partial charge in [0.05, 0.1) is 0 Å². The first kappa shape index (κ1) is 17.8. The predicted molar refractivity (Wildman–Crippen MR) is 90.8 cm³/mol. The number of unbranched alkanes of at least 4 members (excludes halogenated alkanes) is 1. The molecule has 2 unspecified atom stereocenters. The Morgan fingerprint density at radius 1 is 1.10 bits per heavy atom. The summed E-state index contributed by atoms with van der Waals surface area (Å²) in [5, 5.41) is 5.14. The molecule has 0 aliphatic heterocycles. The molecule has 20 heavy (non-hydrogen) atoms. The van der Waals surface area contributed by atoms with E-state index in [2.05, 4.69) is 26.1 Å². The van der Waals surface area contributed by atoms with Crippen LogP contribution in [0.4, 0.5) is 0 Å². The van der Waals surface area contributed by atoms with Crippen LogP contribution < -0.4 is 5.32 Å². The van der Waals surface area contributed by atoms with Gasteiger partial charge in [-0.05, 0) is 43.0 Å². The van der Waals surface area contributed by atoms with Crippen molar-refractivity contribution in [1.29, 1.82) is 0 Å². The Morgan fingerprint density at radius 3 is 2.40 bits per heavy atom. The minimum Gasteiger partial charge on any atom is -0.310 e. The third-order valence-corrected chi connectivity index (χ3v) is 4.50. The lowest BCUT2D eigenvalue weighted by atomic mass is 9.97. The zero-order valence-electron chi connectivity index (χ0n) is 12.9. The summed E-state index contributed by atoms with van der Waals surface area (Å²) in [5.74, 6) is 0.759. The van der Waals surface area contributed by atoms with Gasteiger partial charge in [-0.15, -0.1) is 0 Å². The molecule has 0 bridgehead atoms. The van der Waals surface area contributed by atoms with Gasteiger partial charge in [0.2, 0.25) is 0 Å². The molecule has 0 radical (unpaired) electrons. The van der Waals surface area contributed by atoms with Gasteiger partial charge in [-0.2, -0.15) is 0 Å². The van der Waals surface area contributed by atoms with Gasteiger partial charge in [0, 0.05) is 16.1 Å². The molecule has 1 N–H and O–H groups in total. The van der Waals surface area contributed by atoms with E-state index >= 15 is 0 Å². The lowest BCUT2D eigenvalue weighted by Gasteiger charge is -2.22. The minimum atomic E-state index is 0.315. The van der Waals surface area contributed by atoms with Crippen molar-refractivity contribution in [3.63, 3.8) is 0 Å². The quantitative estimate of drug-likeness (QED) is 0.567. The zero-order valence-corrected chi connectivity index (χ0v) is 14.4. The summed E-state index contributed by atoms with van der Waals surface area (Å²) < 4.78 is 0. The number of rotatable bonds is 9. The van der Waals surface area contributed by atoms with Crippen molar-refractivity contribution in [3.8, 4) is 0 Å². The summed E-state index contributed by atoms with van der Waals surface area (Å²) in [6, 6.07) is 6.10. The maximum absolute atomic E-state index is 6.31. The van der Waals surface area contributed by atoms with Gasteiger partial charge in [-0.25, -0.2) is 0 Å². The van der Waals surface area contributed by atoms with Crippen LogP contribution >= 0.6 is 23.2 Å². The first-order valence-electron chi connectivity index (χ1n) is 7.80. The van der Waals surface area contributed by atoms with Crippen molar-refractivity contribution in [1.82, 2.24) is 5.32 Å². The summed E-state index contributed by atoms with van der Waals surface area (Å²) in [4.78, 5) is 0.